The van der Waals surface area contributed by atoms with Gasteiger partial charge >= 0.3 is 6.18 Å². The van der Waals surface area contributed by atoms with Crippen LogP contribution in [0.2, 0.25) is 0 Å². The number of benzene rings is 1. The topological polar surface area (TPSA) is 95.2 Å². The van der Waals surface area contributed by atoms with Gasteiger partial charge in [0.2, 0.25) is 11.8 Å². The second-order valence-corrected chi connectivity index (χ2v) is 6.44. The Labute approximate surface area is 150 Å². The third-order valence-corrected chi connectivity index (χ3v) is 4.70. The number of piperidine rings is 1. The summed E-state index contributed by atoms with van der Waals surface area (Å²) in [7, 11) is 0. The molecule has 1 saturated heterocycles. The standard InChI is InChI=1S/C17H13F3N4O3/c18-17(19,20)13-6-11(22-23-13)8-1-2-10-9(5-8)7-24(16(10)27)12-3-4-14(25)21-15(12)26/h1-2,5-6,12H,3-4,7H2,(H,22,23)(H,21,25,26). The van der Waals surface area contributed by atoms with Crippen molar-refractivity contribution in [2.45, 2.75) is 31.6 Å². The molecule has 0 saturated carbocycles. The van der Waals surface area contributed by atoms with Crippen molar-refractivity contribution >= 4 is 17.7 Å². The molecule has 0 aliphatic carbocycles. The van der Waals surface area contributed by atoms with Gasteiger partial charge in [0.1, 0.15) is 11.7 Å². The SMILES string of the molecule is O=C1CCC(N2Cc3cc(-c4cc(C(F)(F)F)[nH]n4)ccc3C2=O)C(=O)N1. The van der Waals surface area contributed by atoms with Crippen molar-refractivity contribution in [1.29, 1.82) is 0 Å². The van der Waals surface area contributed by atoms with E-state index in [1.54, 1.807) is 6.07 Å². The lowest BCUT2D eigenvalue weighted by molar-refractivity contribution is -0.141. The first-order chi connectivity index (χ1) is 12.7. The van der Waals surface area contributed by atoms with Crippen molar-refractivity contribution in [3.63, 3.8) is 0 Å². The fourth-order valence-corrected chi connectivity index (χ4v) is 3.35. The number of alkyl halides is 3. The first kappa shape index (κ1) is 17.3. The first-order valence-corrected chi connectivity index (χ1v) is 8.14. The average molecular weight is 378 g/mol. The number of carbonyl (C=O) groups is 3. The van der Waals surface area contributed by atoms with Crippen molar-refractivity contribution in [3.05, 3.63) is 41.1 Å². The van der Waals surface area contributed by atoms with Gasteiger partial charge in [0, 0.05) is 24.1 Å². The zero-order chi connectivity index (χ0) is 19.3. The molecule has 3 heterocycles. The third-order valence-electron chi connectivity index (χ3n) is 4.70. The summed E-state index contributed by atoms with van der Waals surface area (Å²) in [5, 5.41) is 7.85. The molecule has 1 fully saturated rings. The van der Waals surface area contributed by atoms with Gasteiger partial charge in [0.05, 0.1) is 5.69 Å². The Hall–Kier alpha value is -3.17. The van der Waals surface area contributed by atoms with Crippen LogP contribution in [0.5, 0.6) is 0 Å². The molecule has 4 rings (SSSR count). The number of nitrogens with one attached hydrogen (secondary N) is 2. The van der Waals surface area contributed by atoms with Gasteiger partial charge in [-0.1, -0.05) is 6.07 Å². The molecule has 2 aromatic rings. The van der Waals surface area contributed by atoms with Crippen LogP contribution in [0.4, 0.5) is 13.2 Å². The summed E-state index contributed by atoms with van der Waals surface area (Å²) in [4.78, 5) is 37.3. The van der Waals surface area contributed by atoms with E-state index in [2.05, 4.69) is 10.4 Å². The summed E-state index contributed by atoms with van der Waals surface area (Å²) >= 11 is 0. The molecule has 0 spiro atoms. The normalized spacial score (nSPS) is 20.0. The van der Waals surface area contributed by atoms with Crippen LogP contribution < -0.4 is 5.32 Å². The van der Waals surface area contributed by atoms with Gasteiger partial charge in [-0.3, -0.25) is 24.8 Å². The van der Waals surface area contributed by atoms with Gasteiger partial charge in [-0.2, -0.15) is 18.3 Å². The van der Waals surface area contributed by atoms with Crippen LogP contribution in [0, 0.1) is 0 Å². The van der Waals surface area contributed by atoms with Gasteiger partial charge < -0.3 is 4.90 Å². The second kappa shape index (κ2) is 5.93. The number of imide groups is 1. The van der Waals surface area contributed by atoms with Crippen molar-refractivity contribution < 1.29 is 27.6 Å². The molecule has 10 heteroatoms. The van der Waals surface area contributed by atoms with Crippen LogP contribution in [-0.4, -0.2) is 38.9 Å². The average Bonchev–Trinajstić information content (AvgIpc) is 3.20. The monoisotopic (exact) mass is 378 g/mol. The maximum Gasteiger partial charge on any atom is 0.432 e. The lowest BCUT2D eigenvalue weighted by Gasteiger charge is -2.29. The molecule has 27 heavy (non-hydrogen) atoms. The molecular formula is C17H13F3N4O3. The lowest BCUT2D eigenvalue weighted by Crippen LogP contribution is -2.52. The summed E-state index contributed by atoms with van der Waals surface area (Å²) in [5.41, 5.74) is 0.559. The van der Waals surface area contributed by atoms with E-state index in [1.165, 1.54) is 17.0 Å². The Morgan fingerprint density at radius 2 is 1.93 bits per heavy atom. The maximum atomic E-state index is 12.7. The van der Waals surface area contributed by atoms with Crippen LogP contribution in [0.15, 0.2) is 24.3 Å². The van der Waals surface area contributed by atoms with E-state index in [0.717, 1.165) is 6.07 Å². The Morgan fingerprint density at radius 3 is 2.59 bits per heavy atom. The number of halogens is 3. The summed E-state index contributed by atoms with van der Waals surface area (Å²) in [6.07, 6.45) is -4.14. The number of aromatic amines is 1. The van der Waals surface area contributed by atoms with Gasteiger partial charge in [-0.15, -0.1) is 0 Å². The molecule has 3 amide bonds. The van der Waals surface area contributed by atoms with E-state index < -0.39 is 23.8 Å². The molecule has 7 nitrogen and oxygen atoms in total. The highest BCUT2D eigenvalue weighted by atomic mass is 19.4. The van der Waals surface area contributed by atoms with E-state index in [0.29, 0.717) is 16.7 Å². The molecule has 1 aromatic carbocycles. The second-order valence-electron chi connectivity index (χ2n) is 6.44. The third kappa shape index (κ3) is 2.96. The van der Waals surface area contributed by atoms with Crippen LogP contribution >= 0.6 is 0 Å². The molecule has 0 bridgehead atoms. The van der Waals surface area contributed by atoms with Crippen molar-refractivity contribution in [2.75, 3.05) is 0 Å². The molecule has 1 unspecified atom stereocenters. The van der Waals surface area contributed by atoms with Crippen molar-refractivity contribution in [3.8, 4) is 11.3 Å². The smallest absolute Gasteiger partial charge is 0.322 e. The molecule has 0 radical (unpaired) electrons. The summed E-state index contributed by atoms with van der Waals surface area (Å²) in [6.45, 7) is 0.144. The highest BCUT2D eigenvalue weighted by Gasteiger charge is 2.39. The number of nitrogens with zero attached hydrogens (tertiary/aromatic N) is 2. The first-order valence-electron chi connectivity index (χ1n) is 8.14. The van der Waals surface area contributed by atoms with Gasteiger partial charge in [-0.05, 0) is 30.2 Å². The van der Waals surface area contributed by atoms with Crippen LogP contribution in [0.25, 0.3) is 11.3 Å². The van der Waals surface area contributed by atoms with E-state index in [4.69, 9.17) is 0 Å². The predicted octanol–water partition coefficient (Wildman–Crippen LogP) is 1.86. The summed E-state index contributed by atoms with van der Waals surface area (Å²) < 4.78 is 38.2. The van der Waals surface area contributed by atoms with Crippen molar-refractivity contribution in [1.82, 2.24) is 20.4 Å². The minimum atomic E-state index is -4.53. The highest BCUT2D eigenvalue weighted by Crippen LogP contribution is 2.33. The van der Waals surface area contributed by atoms with E-state index in [1.807, 2.05) is 5.10 Å². The van der Waals surface area contributed by atoms with Gasteiger partial charge in [-0.25, -0.2) is 0 Å². The Kier molecular flexibility index (Phi) is 3.79. The number of fused-ring (bicyclic) bond motifs is 1. The molecule has 2 aliphatic rings. The minimum Gasteiger partial charge on any atom is -0.322 e. The number of amides is 3. The Bertz CT molecular complexity index is 967. The number of hydrogen-bond donors (Lipinski definition) is 2. The van der Waals surface area contributed by atoms with Crippen LogP contribution in [0.3, 0.4) is 0 Å². The number of rotatable bonds is 2. The maximum absolute atomic E-state index is 12.7. The molecule has 2 aliphatic heterocycles. The summed E-state index contributed by atoms with van der Waals surface area (Å²) in [5.74, 6) is -1.24. The number of H-pyrrole nitrogens is 1. The fourth-order valence-electron chi connectivity index (χ4n) is 3.35. The van der Waals surface area contributed by atoms with Crippen LogP contribution in [-0.2, 0) is 22.3 Å². The zero-order valence-electron chi connectivity index (χ0n) is 13.8. The van der Waals surface area contributed by atoms with E-state index in [9.17, 15) is 27.6 Å². The van der Waals surface area contributed by atoms with Gasteiger partial charge in [0.15, 0.2) is 0 Å². The lowest BCUT2D eigenvalue weighted by atomic mass is 10.0. The number of aromatic nitrogens is 2. The Balaban J connectivity index is 1.60. The quantitative estimate of drug-likeness (QED) is 0.780. The van der Waals surface area contributed by atoms with E-state index >= 15 is 0 Å². The fraction of sp³-hybridized carbons (Fsp3) is 0.294. The molecule has 1 atom stereocenters. The molecule has 2 N–H and O–H groups in total. The van der Waals surface area contributed by atoms with Gasteiger partial charge in [0.25, 0.3) is 5.91 Å². The minimum absolute atomic E-state index is 0.108. The zero-order valence-corrected chi connectivity index (χ0v) is 13.8. The largest absolute Gasteiger partial charge is 0.432 e. The number of carbonyl (C=O) groups excluding carboxylic acids is 3. The summed E-state index contributed by atoms with van der Waals surface area (Å²) in [6, 6.07) is 4.78. The molecule has 140 valence electrons. The van der Waals surface area contributed by atoms with Crippen LogP contribution in [0.1, 0.15) is 34.5 Å². The Morgan fingerprint density at radius 1 is 1.15 bits per heavy atom. The highest BCUT2D eigenvalue weighted by molar-refractivity contribution is 6.05. The van der Waals surface area contributed by atoms with E-state index in [-0.39, 0.29) is 36.9 Å². The van der Waals surface area contributed by atoms with Crippen molar-refractivity contribution in [2.24, 2.45) is 0 Å². The molecular weight excluding hydrogens is 365 g/mol. The number of hydrogen-bond acceptors (Lipinski definition) is 4. The predicted molar refractivity (Wildman–Crippen MR) is 85.1 cm³/mol. The molecule has 1 aromatic heterocycles.